The lowest BCUT2D eigenvalue weighted by Gasteiger charge is -2.02. The number of aromatic nitrogens is 1. The van der Waals surface area contributed by atoms with Crippen LogP contribution in [0.5, 0.6) is 0 Å². The normalized spacial score (nSPS) is 10.2. The van der Waals surface area contributed by atoms with E-state index in [9.17, 15) is 0 Å². The molecule has 1 aromatic carbocycles. The van der Waals surface area contributed by atoms with Gasteiger partial charge in [-0.3, -0.25) is 4.98 Å². The van der Waals surface area contributed by atoms with Crippen molar-refractivity contribution in [1.29, 1.82) is 0 Å². The highest BCUT2D eigenvalue weighted by molar-refractivity contribution is 5.40. The Labute approximate surface area is 89.8 Å². The third kappa shape index (κ3) is 2.56. The first-order valence-corrected chi connectivity index (χ1v) is 5.00. The number of hydrogen-bond acceptors (Lipinski definition) is 2. The van der Waals surface area contributed by atoms with Gasteiger partial charge in [0.15, 0.2) is 0 Å². The average Bonchev–Trinajstić information content (AvgIpc) is 2.25. The Morgan fingerprint density at radius 3 is 2.27 bits per heavy atom. The van der Waals surface area contributed by atoms with E-state index in [0.717, 1.165) is 17.8 Å². The third-order valence-corrected chi connectivity index (χ3v) is 2.36. The molecule has 0 amide bonds. The number of hydrogen-bond donors (Lipinski definition) is 1. The lowest BCUT2D eigenvalue weighted by Crippen LogP contribution is -1.91. The van der Waals surface area contributed by atoms with E-state index < -0.39 is 0 Å². The molecule has 0 aliphatic heterocycles. The Morgan fingerprint density at radius 2 is 1.67 bits per heavy atom. The summed E-state index contributed by atoms with van der Waals surface area (Å²) in [7, 11) is 0. The summed E-state index contributed by atoms with van der Waals surface area (Å²) in [6.45, 7) is 1.99. The smallest absolute Gasteiger partial charge is 0.0372 e. The number of anilines is 1. The summed E-state index contributed by atoms with van der Waals surface area (Å²) < 4.78 is 0. The number of nitrogens with zero attached hydrogens (tertiary/aromatic N) is 1. The van der Waals surface area contributed by atoms with Crippen LogP contribution in [0.3, 0.4) is 0 Å². The van der Waals surface area contributed by atoms with Crippen LogP contribution in [0, 0.1) is 6.92 Å². The maximum atomic E-state index is 5.63. The van der Waals surface area contributed by atoms with Crippen molar-refractivity contribution in [2.45, 2.75) is 13.3 Å². The van der Waals surface area contributed by atoms with E-state index in [2.05, 4.69) is 23.2 Å². The van der Waals surface area contributed by atoms with Gasteiger partial charge in [0.25, 0.3) is 0 Å². The number of aryl methyl sites for hydroxylation is 1. The summed E-state index contributed by atoms with van der Waals surface area (Å²) in [5, 5.41) is 0. The fraction of sp³-hybridized carbons (Fsp3) is 0.154. The van der Waals surface area contributed by atoms with E-state index in [4.69, 9.17) is 5.73 Å². The summed E-state index contributed by atoms with van der Waals surface area (Å²) in [6, 6.07) is 12.1. The standard InChI is InChI=1S/C13H14N2/c1-10-2-3-12(9-15-10)8-11-4-6-13(14)7-5-11/h2-7,9H,8,14H2,1H3. The van der Waals surface area contributed by atoms with E-state index >= 15 is 0 Å². The highest BCUT2D eigenvalue weighted by Crippen LogP contribution is 2.11. The highest BCUT2D eigenvalue weighted by atomic mass is 14.7. The minimum atomic E-state index is 0.806. The molecule has 0 unspecified atom stereocenters. The molecule has 76 valence electrons. The van der Waals surface area contributed by atoms with Crippen LogP contribution in [-0.2, 0) is 6.42 Å². The summed E-state index contributed by atoms with van der Waals surface area (Å²) in [5.41, 5.74) is 9.97. The van der Waals surface area contributed by atoms with E-state index in [1.165, 1.54) is 11.1 Å². The van der Waals surface area contributed by atoms with E-state index in [0.29, 0.717) is 0 Å². The zero-order valence-corrected chi connectivity index (χ0v) is 8.77. The van der Waals surface area contributed by atoms with Gasteiger partial charge >= 0.3 is 0 Å². The second-order valence-corrected chi connectivity index (χ2v) is 3.73. The molecule has 0 aliphatic rings. The first-order chi connectivity index (χ1) is 7.24. The van der Waals surface area contributed by atoms with Crippen LogP contribution in [0.25, 0.3) is 0 Å². The number of nitrogen functional groups attached to an aromatic ring is 1. The quantitative estimate of drug-likeness (QED) is 0.753. The Morgan fingerprint density at radius 1 is 1.00 bits per heavy atom. The summed E-state index contributed by atoms with van der Waals surface area (Å²) in [6.07, 6.45) is 2.83. The van der Waals surface area contributed by atoms with Crippen molar-refractivity contribution < 1.29 is 0 Å². The zero-order valence-electron chi connectivity index (χ0n) is 8.77. The van der Waals surface area contributed by atoms with Crippen LogP contribution in [0.2, 0.25) is 0 Å². The van der Waals surface area contributed by atoms with E-state index in [1.807, 2.05) is 31.3 Å². The molecule has 2 heteroatoms. The highest BCUT2D eigenvalue weighted by Gasteiger charge is 1.96. The van der Waals surface area contributed by atoms with Crippen molar-refractivity contribution in [3.8, 4) is 0 Å². The molecular formula is C13H14N2. The fourth-order valence-corrected chi connectivity index (χ4v) is 1.47. The largest absolute Gasteiger partial charge is 0.399 e. The Kier molecular flexibility index (Phi) is 2.68. The molecule has 2 rings (SSSR count). The van der Waals surface area contributed by atoms with Crippen LogP contribution >= 0.6 is 0 Å². The van der Waals surface area contributed by atoms with Gasteiger partial charge in [-0.2, -0.15) is 0 Å². The number of benzene rings is 1. The SMILES string of the molecule is Cc1ccc(Cc2ccc(N)cc2)cn1. The summed E-state index contributed by atoms with van der Waals surface area (Å²) in [4.78, 5) is 4.27. The van der Waals surface area contributed by atoms with Gasteiger partial charge < -0.3 is 5.73 Å². The molecule has 1 heterocycles. The Balaban J connectivity index is 2.15. The maximum absolute atomic E-state index is 5.63. The van der Waals surface area contributed by atoms with Gasteiger partial charge in [0, 0.05) is 17.6 Å². The Hall–Kier alpha value is -1.83. The van der Waals surface area contributed by atoms with Crippen LogP contribution in [0.15, 0.2) is 42.6 Å². The van der Waals surface area contributed by atoms with Crippen LogP contribution in [-0.4, -0.2) is 4.98 Å². The molecule has 0 bridgehead atoms. The fourth-order valence-electron chi connectivity index (χ4n) is 1.47. The van der Waals surface area contributed by atoms with Gasteiger partial charge in [0.2, 0.25) is 0 Å². The molecule has 0 aliphatic carbocycles. The van der Waals surface area contributed by atoms with Gasteiger partial charge in [0.05, 0.1) is 0 Å². The molecular weight excluding hydrogens is 184 g/mol. The molecule has 0 saturated carbocycles. The van der Waals surface area contributed by atoms with Crippen molar-refractivity contribution in [2.75, 3.05) is 5.73 Å². The van der Waals surface area contributed by atoms with Crippen molar-refractivity contribution in [2.24, 2.45) is 0 Å². The molecule has 0 fully saturated rings. The van der Waals surface area contributed by atoms with Crippen molar-refractivity contribution in [3.63, 3.8) is 0 Å². The van der Waals surface area contributed by atoms with Crippen LogP contribution in [0.1, 0.15) is 16.8 Å². The Bertz CT molecular complexity index is 386. The molecule has 2 nitrogen and oxygen atoms in total. The molecule has 1 aromatic heterocycles. The first-order valence-electron chi connectivity index (χ1n) is 5.00. The van der Waals surface area contributed by atoms with Gasteiger partial charge in [-0.15, -0.1) is 0 Å². The second kappa shape index (κ2) is 4.13. The lowest BCUT2D eigenvalue weighted by atomic mass is 10.1. The van der Waals surface area contributed by atoms with Crippen molar-refractivity contribution >= 4 is 5.69 Å². The van der Waals surface area contributed by atoms with E-state index in [1.54, 1.807) is 0 Å². The van der Waals surface area contributed by atoms with E-state index in [-0.39, 0.29) is 0 Å². The summed E-state index contributed by atoms with van der Waals surface area (Å²) >= 11 is 0. The summed E-state index contributed by atoms with van der Waals surface area (Å²) in [5.74, 6) is 0. The minimum absolute atomic E-state index is 0.806. The monoisotopic (exact) mass is 198 g/mol. The van der Waals surface area contributed by atoms with Crippen molar-refractivity contribution in [3.05, 3.63) is 59.4 Å². The van der Waals surface area contributed by atoms with Crippen molar-refractivity contribution in [1.82, 2.24) is 4.98 Å². The van der Waals surface area contributed by atoms with Crippen LogP contribution < -0.4 is 5.73 Å². The average molecular weight is 198 g/mol. The van der Waals surface area contributed by atoms with Gasteiger partial charge in [0.1, 0.15) is 0 Å². The molecule has 0 atom stereocenters. The predicted molar refractivity (Wildman–Crippen MR) is 62.6 cm³/mol. The first kappa shape index (κ1) is 9.71. The minimum Gasteiger partial charge on any atom is -0.399 e. The van der Waals surface area contributed by atoms with Crippen LogP contribution in [0.4, 0.5) is 5.69 Å². The molecule has 2 aromatic rings. The molecule has 0 saturated heterocycles. The third-order valence-electron chi connectivity index (χ3n) is 2.36. The second-order valence-electron chi connectivity index (χ2n) is 3.73. The topological polar surface area (TPSA) is 38.9 Å². The molecule has 15 heavy (non-hydrogen) atoms. The number of nitrogens with two attached hydrogens (primary N) is 1. The predicted octanol–water partition coefficient (Wildman–Crippen LogP) is 2.56. The molecule has 0 spiro atoms. The van der Waals surface area contributed by atoms with Gasteiger partial charge in [-0.05, 0) is 42.7 Å². The number of rotatable bonds is 2. The lowest BCUT2D eigenvalue weighted by molar-refractivity contribution is 1.11. The molecule has 0 radical (unpaired) electrons. The van der Waals surface area contributed by atoms with Gasteiger partial charge in [-0.1, -0.05) is 18.2 Å². The molecule has 2 N–H and O–H groups in total. The maximum Gasteiger partial charge on any atom is 0.0372 e. The zero-order chi connectivity index (χ0) is 10.7. The van der Waals surface area contributed by atoms with Gasteiger partial charge in [-0.25, -0.2) is 0 Å². The number of pyridine rings is 1.